The van der Waals surface area contributed by atoms with Gasteiger partial charge < -0.3 is 19.3 Å². The first-order valence-corrected chi connectivity index (χ1v) is 12.1. The molecule has 3 rings (SSSR count). The summed E-state index contributed by atoms with van der Waals surface area (Å²) in [5.74, 6) is 1.32. The van der Waals surface area contributed by atoms with E-state index in [1.54, 1.807) is 7.11 Å². The Morgan fingerprint density at radius 2 is 1.97 bits per heavy atom. The largest absolute Gasteiger partial charge is 0.461 e. The number of carbonyl (C=O) groups is 1. The molecule has 5 nitrogen and oxygen atoms in total. The zero-order valence-corrected chi connectivity index (χ0v) is 20.2. The molecule has 1 aliphatic heterocycles. The molecule has 0 saturated carbocycles. The molecule has 0 amide bonds. The van der Waals surface area contributed by atoms with Crippen LogP contribution in [-0.4, -0.2) is 42.8 Å². The number of allylic oxidation sites excluding steroid dienone is 3. The van der Waals surface area contributed by atoms with Crippen LogP contribution < -0.4 is 0 Å². The van der Waals surface area contributed by atoms with Crippen molar-refractivity contribution in [1.82, 2.24) is 0 Å². The molecule has 1 fully saturated rings. The molecule has 8 atom stereocenters. The molecular weight excluding hydrogens is 392 g/mol. The number of methoxy groups -OCH3 is 1. The second-order valence-electron chi connectivity index (χ2n) is 10.6. The van der Waals surface area contributed by atoms with Crippen molar-refractivity contribution in [1.29, 1.82) is 0 Å². The van der Waals surface area contributed by atoms with Crippen LogP contribution in [0.2, 0.25) is 0 Å². The quantitative estimate of drug-likeness (QED) is 0.569. The topological polar surface area (TPSA) is 65.0 Å². The molecule has 0 aromatic carbocycles. The summed E-state index contributed by atoms with van der Waals surface area (Å²) >= 11 is 0. The summed E-state index contributed by atoms with van der Waals surface area (Å²) in [4.78, 5) is 12.9. The second kappa shape index (κ2) is 10.2. The van der Waals surface area contributed by atoms with Crippen LogP contribution in [0.4, 0.5) is 0 Å². The lowest BCUT2D eigenvalue weighted by molar-refractivity contribution is -0.205. The van der Waals surface area contributed by atoms with Gasteiger partial charge in [-0.1, -0.05) is 39.0 Å². The van der Waals surface area contributed by atoms with Crippen molar-refractivity contribution < 1.29 is 24.1 Å². The van der Waals surface area contributed by atoms with Gasteiger partial charge in [0, 0.05) is 19.4 Å². The summed E-state index contributed by atoms with van der Waals surface area (Å²) in [6, 6.07) is 0. The van der Waals surface area contributed by atoms with E-state index in [9.17, 15) is 9.90 Å². The SMILES string of the molecule is CCC(C)(C)C(=O)OC1CC(C)C=C2C=CC(C)C(CCC3CC(O)CC(OC)O3)C21. The first-order valence-electron chi connectivity index (χ1n) is 12.1. The van der Waals surface area contributed by atoms with E-state index in [-0.39, 0.29) is 36.5 Å². The third kappa shape index (κ3) is 5.80. The summed E-state index contributed by atoms with van der Waals surface area (Å²) in [5.41, 5.74) is 0.852. The second-order valence-corrected chi connectivity index (χ2v) is 10.6. The zero-order valence-electron chi connectivity index (χ0n) is 20.2. The molecule has 5 heteroatoms. The minimum absolute atomic E-state index is 0.00164. The predicted molar refractivity (Wildman–Crippen MR) is 121 cm³/mol. The molecule has 0 aromatic heterocycles. The minimum Gasteiger partial charge on any atom is -0.461 e. The molecule has 1 heterocycles. The molecule has 31 heavy (non-hydrogen) atoms. The van der Waals surface area contributed by atoms with E-state index in [1.807, 2.05) is 20.8 Å². The Kier molecular flexibility index (Phi) is 8.04. The van der Waals surface area contributed by atoms with E-state index in [0.29, 0.717) is 30.6 Å². The number of rotatable bonds is 7. The van der Waals surface area contributed by atoms with E-state index in [4.69, 9.17) is 14.2 Å². The normalized spacial score (nSPS) is 38.4. The fraction of sp³-hybridized carbons (Fsp3) is 0.808. The molecule has 1 saturated heterocycles. The van der Waals surface area contributed by atoms with Gasteiger partial charge in [-0.2, -0.15) is 0 Å². The molecule has 8 unspecified atom stereocenters. The number of hydrogen-bond acceptors (Lipinski definition) is 5. The average molecular weight is 435 g/mol. The molecule has 0 aromatic rings. The van der Waals surface area contributed by atoms with Gasteiger partial charge in [-0.25, -0.2) is 0 Å². The van der Waals surface area contributed by atoms with Crippen LogP contribution in [0.25, 0.3) is 0 Å². The molecule has 2 aliphatic carbocycles. The van der Waals surface area contributed by atoms with Gasteiger partial charge in [0.1, 0.15) is 6.10 Å². The third-order valence-electron chi connectivity index (χ3n) is 7.72. The number of esters is 1. The molecule has 0 radical (unpaired) electrons. The van der Waals surface area contributed by atoms with Crippen molar-refractivity contribution in [3.05, 3.63) is 23.8 Å². The molecule has 0 spiro atoms. The number of ether oxygens (including phenoxy) is 3. The van der Waals surface area contributed by atoms with Gasteiger partial charge in [0.05, 0.1) is 17.6 Å². The zero-order chi connectivity index (χ0) is 22.8. The van der Waals surface area contributed by atoms with E-state index >= 15 is 0 Å². The van der Waals surface area contributed by atoms with Gasteiger partial charge in [-0.15, -0.1) is 0 Å². The Morgan fingerprint density at radius 1 is 1.23 bits per heavy atom. The molecular formula is C26H42O5. The fourth-order valence-corrected chi connectivity index (χ4v) is 5.33. The van der Waals surface area contributed by atoms with E-state index in [1.165, 1.54) is 5.57 Å². The Balaban J connectivity index is 1.75. The third-order valence-corrected chi connectivity index (χ3v) is 7.72. The van der Waals surface area contributed by atoms with Crippen LogP contribution in [-0.2, 0) is 19.0 Å². The number of fused-ring (bicyclic) bond motifs is 1. The highest BCUT2D eigenvalue weighted by molar-refractivity contribution is 5.76. The summed E-state index contributed by atoms with van der Waals surface area (Å²) < 4.78 is 17.6. The smallest absolute Gasteiger partial charge is 0.311 e. The lowest BCUT2D eigenvalue weighted by Gasteiger charge is -2.44. The Hall–Kier alpha value is -1.17. The molecule has 3 aliphatic rings. The highest BCUT2D eigenvalue weighted by Crippen LogP contribution is 2.45. The lowest BCUT2D eigenvalue weighted by Crippen LogP contribution is -2.43. The molecule has 1 N–H and O–H groups in total. The number of aliphatic hydroxyl groups is 1. The van der Waals surface area contributed by atoms with Gasteiger partial charge in [0.25, 0.3) is 0 Å². The summed E-state index contributed by atoms with van der Waals surface area (Å²) in [7, 11) is 1.63. The fourth-order valence-electron chi connectivity index (χ4n) is 5.33. The van der Waals surface area contributed by atoms with Crippen LogP contribution in [0.15, 0.2) is 23.8 Å². The van der Waals surface area contributed by atoms with Crippen LogP contribution in [0.5, 0.6) is 0 Å². The van der Waals surface area contributed by atoms with Crippen molar-refractivity contribution in [2.45, 2.75) is 97.7 Å². The van der Waals surface area contributed by atoms with Crippen molar-refractivity contribution in [2.75, 3.05) is 7.11 Å². The van der Waals surface area contributed by atoms with Crippen LogP contribution in [0, 0.1) is 29.1 Å². The highest BCUT2D eigenvalue weighted by atomic mass is 16.7. The van der Waals surface area contributed by atoms with Gasteiger partial charge in [-0.05, 0) is 69.3 Å². The Labute approximate surface area is 188 Å². The van der Waals surface area contributed by atoms with Crippen LogP contribution in [0.1, 0.15) is 73.1 Å². The first-order chi connectivity index (χ1) is 14.6. The summed E-state index contributed by atoms with van der Waals surface area (Å²) in [6.45, 7) is 10.4. The van der Waals surface area contributed by atoms with Crippen molar-refractivity contribution in [2.24, 2.45) is 29.1 Å². The van der Waals surface area contributed by atoms with Gasteiger partial charge in [0.15, 0.2) is 6.29 Å². The van der Waals surface area contributed by atoms with E-state index in [0.717, 1.165) is 25.7 Å². The number of hydrogen-bond donors (Lipinski definition) is 1. The predicted octanol–water partition coefficient (Wildman–Crippen LogP) is 5.03. The number of aliphatic hydroxyl groups excluding tert-OH is 1. The maximum absolute atomic E-state index is 12.9. The van der Waals surface area contributed by atoms with Crippen molar-refractivity contribution >= 4 is 5.97 Å². The molecule has 0 bridgehead atoms. The monoisotopic (exact) mass is 434 g/mol. The number of carbonyl (C=O) groups excluding carboxylic acids is 1. The van der Waals surface area contributed by atoms with Gasteiger partial charge >= 0.3 is 5.97 Å². The van der Waals surface area contributed by atoms with Gasteiger partial charge in [-0.3, -0.25) is 4.79 Å². The van der Waals surface area contributed by atoms with Crippen molar-refractivity contribution in [3.8, 4) is 0 Å². The lowest BCUT2D eigenvalue weighted by atomic mass is 9.65. The van der Waals surface area contributed by atoms with Crippen molar-refractivity contribution in [3.63, 3.8) is 0 Å². The Morgan fingerprint density at radius 3 is 2.65 bits per heavy atom. The van der Waals surface area contributed by atoms with Crippen LogP contribution in [0.3, 0.4) is 0 Å². The van der Waals surface area contributed by atoms with Gasteiger partial charge in [0.2, 0.25) is 0 Å². The average Bonchev–Trinajstić information content (AvgIpc) is 2.72. The Bertz CT molecular complexity index is 681. The molecule has 176 valence electrons. The standard InChI is InChI=1S/C26H42O5/c1-7-26(4,5)25(28)31-22-13-16(2)12-18-9-8-17(3)21(24(18)22)11-10-20-14-19(27)15-23(29-6)30-20/h8-9,12,16-17,19-24,27H,7,10-11,13-15H2,1-6H3. The van der Waals surface area contributed by atoms with E-state index in [2.05, 4.69) is 32.1 Å². The minimum atomic E-state index is -0.461. The maximum Gasteiger partial charge on any atom is 0.311 e. The van der Waals surface area contributed by atoms with E-state index < -0.39 is 5.41 Å². The first kappa shape index (κ1) is 24.5. The summed E-state index contributed by atoms with van der Waals surface area (Å²) in [5, 5.41) is 10.2. The van der Waals surface area contributed by atoms with Crippen LogP contribution >= 0.6 is 0 Å². The highest BCUT2D eigenvalue weighted by Gasteiger charge is 2.43. The summed E-state index contributed by atoms with van der Waals surface area (Å²) in [6.07, 6.45) is 10.8. The maximum atomic E-state index is 12.9.